The van der Waals surface area contributed by atoms with Crippen LogP contribution in [0.2, 0.25) is 0 Å². The summed E-state index contributed by atoms with van der Waals surface area (Å²) >= 11 is 0. The maximum atomic E-state index is 13.1. The Morgan fingerprint density at radius 2 is 1.74 bits per heavy atom. The molecule has 6 nitrogen and oxygen atoms in total. The summed E-state index contributed by atoms with van der Waals surface area (Å²) in [5, 5.41) is 3.10. The van der Waals surface area contributed by atoms with Crippen LogP contribution in [0.15, 0.2) is 40.9 Å². The van der Waals surface area contributed by atoms with Gasteiger partial charge < -0.3 is 9.26 Å². The van der Waals surface area contributed by atoms with Gasteiger partial charge in [0.15, 0.2) is 11.3 Å². The van der Waals surface area contributed by atoms with E-state index in [1.807, 2.05) is 6.92 Å². The third-order valence-electron chi connectivity index (χ3n) is 5.13. The van der Waals surface area contributed by atoms with Crippen molar-refractivity contribution in [3.05, 3.63) is 58.8 Å². The van der Waals surface area contributed by atoms with Gasteiger partial charge in [0.2, 0.25) is 0 Å². The Morgan fingerprint density at radius 1 is 1.06 bits per heavy atom. The van der Waals surface area contributed by atoms with E-state index in [2.05, 4.69) is 5.16 Å². The summed E-state index contributed by atoms with van der Waals surface area (Å²) in [6.07, 6.45) is -3.10. The number of carbonyl (C=O) groups is 2. The maximum absolute atomic E-state index is 13.1. The third kappa shape index (κ3) is 3.75. The van der Waals surface area contributed by atoms with E-state index < -0.39 is 11.9 Å². The van der Waals surface area contributed by atoms with Gasteiger partial charge >= 0.3 is 6.18 Å². The molecule has 0 fully saturated rings. The standard InChI is InChI=1S/C22H19F3N2O4/c1-2-6-15-17(10-9-16-18(15)31-26-19(16)22(23,24)25)30-12-5-11-27-20(28)13-7-3-4-8-14(13)21(27)29/h3-4,7-10H,2,5-6,11-12H2,1H3. The first-order valence-electron chi connectivity index (χ1n) is 9.89. The van der Waals surface area contributed by atoms with E-state index in [1.165, 1.54) is 17.0 Å². The summed E-state index contributed by atoms with van der Waals surface area (Å²) in [6, 6.07) is 9.40. The second kappa shape index (κ2) is 8.05. The van der Waals surface area contributed by atoms with Crippen molar-refractivity contribution in [3.8, 4) is 5.75 Å². The normalized spacial score (nSPS) is 13.9. The summed E-state index contributed by atoms with van der Waals surface area (Å²) in [5.41, 5.74) is 0.289. The van der Waals surface area contributed by atoms with Crippen molar-refractivity contribution < 1.29 is 32.0 Å². The number of ether oxygens (including phenoxy) is 1. The number of imide groups is 1. The summed E-state index contributed by atoms with van der Waals surface area (Å²) < 4.78 is 50.1. The molecule has 0 unspecified atom stereocenters. The van der Waals surface area contributed by atoms with Gasteiger partial charge in [-0.25, -0.2) is 0 Å². The molecule has 0 spiro atoms. The molecule has 3 aromatic rings. The van der Waals surface area contributed by atoms with Crippen LogP contribution in [0.3, 0.4) is 0 Å². The number of fused-ring (bicyclic) bond motifs is 2. The number of halogens is 3. The Labute approximate surface area is 175 Å². The minimum Gasteiger partial charge on any atom is -0.493 e. The zero-order valence-electron chi connectivity index (χ0n) is 16.7. The molecule has 1 aliphatic heterocycles. The Balaban J connectivity index is 1.45. The molecule has 0 bridgehead atoms. The quantitative estimate of drug-likeness (QED) is 0.394. The lowest BCUT2D eigenvalue weighted by Crippen LogP contribution is -2.31. The molecule has 1 aliphatic rings. The third-order valence-corrected chi connectivity index (χ3v) is 5.13. The summed E-state index contributed by atoms with van der Waals surface area (Å²) in [7, 11) is 0. The number of carbonyl (C=O) groups excluding carboxylic acids is 2. The average Bonchev–Trinajstić information content (AvgIpc) is 3.28. The van der Waals surface area contributed by atoms with Crippen molar-refractivity contribution >= 4 is 22.8 Å². The van der Waals surface area contributed by atoms with Crippen LogP contribution >= 0.6 is 0 Å². The number of aromatic nitrogens is 1. The second-order valence-electron chi connectivity index (χ2n) is 7.21. The van der Waals surface area contributed by atoms with E-state index in [0.29, 0.717) is 41.7 Å². The Morgan fingerprint density at radius 3 is 2.35 bits per heavy atom. The van der Waals surface area contributed by atoms with Gasteiger partial charge in [-0.3, -0.25) is 14.5 Å². The molecule has 0 atom stereocenters. The molecule has 31 heavy (non-hydrogen) atoms. The highest BCUT2D eigenvalue weighted by Crippen LogP contribution is 2.38. The zero-order valence-corrected chi connectivity index (χ0v) is 16.7. The molecule has 0 N–H and O–H groups in total. The van der Waals surface area contributed by atoms with Gasteiger partial charge in [-0.2, -0.15) is 13.2 Å². The fourth-order valence-electron chi connectivity index (χ4n) is 3.71. The SMILES string of the molecule is CCCc1c(OCCCN2C(=O)c3ccccc3C2=O)ccc2c(C(F)(F)F)noc12. The van der Waals surface area contributed by atoms with Crippen LogP contribution in [0.5, 0.6) is 5.75 Å². The molecule has 0 radical (unpaired) electrons. The Bertz CT molecular complexity index is 1120. The molecule has 9 heteroatoms. The van der Waals surface area contributed by atoms with Crippen molar-refractivity contribution in [2.24, 2.45) is 0 Å². The molecule has 2 amide bonds. The molecule has 0 saturated heterocycles. The van der Waals surface area contributed by atoms with Crippen LogP contribution < -0.4 is 4.74 Å². The molecule has 4 rings (SSSR count). The summed E-state index contributed by atoms with van der Waals surface area (Å²) in [5.74, 6) is -0.272. The van der Waals surface area contributed by atoms with E-state index >= 15 is 0 Å². The smallest absolute Gasteiger partial charge is 0.437 e. The van der Waals surface area contributed by atoms with E-state index in [9.17, 15) is 22.8 Å². The fraction of sp³-hybridized carbons (Fsp3) is 0.318. The molecular weight excluding hydrogens is 413 g/mol. The molecule has 0 aliphatic carbocycles. The van der Waals surface area contributed by atoms with Crippen molar-refractivity contribution in [2.75, 3.05) is 13.2 Å². The number of benzene rings is 2. The second-order valence-corrected chi connectivity index (χ2v) is 7.21. The highest BCUT2D eigenvalue weighted by molar-refractivity contribution is 6.21. The van der Waals surface area contributed by atoms with Crippen molar-refractivity contribution in [3.63, 3.8) is 0 Å². The summed E-state index contributed by atoms with van der Waals surface area (Å²) in [6.45, 7) is 2.25. The fourth-order valence-corrected chi connectivity index (χ4v) is 3.71. The number of hydrogen-bond donors (Lipinski definition) is 0. The summed E-state index contributed by atoms with van der Waals surface area (Å²) in [4.78, 5) is 26.0. The molecule has 0 saturated carbocycles. The molecule has 2 aromatic carbocycles. The predicted octanol–water partition coefficient (Wildman–Crippen LogP) is 4.86. The van der Waals surface area contributed by atoms with E-state index in [-0.39, 0.29) is 35.9 Å². The van der Waals surface area contributed by atoms with Crippen molar-refractivity contribution in [1.29, 1.82) is 0 Å². The highest BCUT2D eigenvalue weighted by Gasteiger charge is 2.38. The zero-order chi connectivity index (χ0) is 22.2. The topological polar surface area (TPSA) is 72.6 Å². The van der Waals surface area contributed by atoms with Crippen LogP contribution in [0, 0.1) is 0 Å². The number of aryl methyl sites for hydroxylation is 1. The van der Waals surface area contributed by atoms with Crippen molar-refractivity contribution in [1.82, 2.24) is 10.1 Å². The van der Waals surface area contributed by atoms with Crippen molar-refractivity contribution in [2.45, 2.75) is 32.4 Å². The molecule has 162 valence electrons. The average molecular weight is 432 g/mol. The maximum Gasteiger partial charge on any atom is 0.437 e. The number of hydrogen-bond acceptors (Lipinski definition) is 5. The van der Waals surface area contributed by atoms with Gasteiger partial charge in [0.05, 0.1) is 23.1 Å². The van der Waals surface area contributed by atoms with Crippen LogP contribution in [0.25, 0.3) is 11.0 Å². The first-order chi connectivity index (χ1) is 14.8. The van der Waals surface area contributed by atoms with Crippen LogP contribution in [-0.2, 0) is 12.6 Å². The molecule has 2 heterocycles. The van der Waals surface area contributed by atoms with Crippen LogP contribution in [-0.4, -0.2) is 35.0 Å². The first kappa shape index (κ1) is 20.9. The van der Waals surface area contributed by atoms with Gasteiger partial charge in [0.25, 0.3) is 11.8 Å². The van der Waals surface area contributed by atoms with Crippen LogP contribution in [0.4, 0.5) is 13.2 Å². The lowest BCUT2D eigenvalue weighted by molar-refractivity contribution is -0.141. The number of nitrogens with zero attached hydrogens (tertiary/aromatic N) is 2. The number of alkyl halides is 3. The minimum atomic E-state index is -4.61. The molecular formula is C22H19F3N2O4. The Hall–Kier alpha value is -3.36. The minimum absolute atomic E-state index is 0.0621. The van der Waals surface area contributed by atoms with Gasteiger partial charge in [-0.15, -0.1) is 0 Å². The van der Waals surface area contributed by atoms with Gasteiger partial charge in [0.1, 0.15) is 5.75 Å². The van der Waals surface area contributed by atoms with Gasteiger partial charge in [0, 0.05) is 12.1 Å². The number of amides is 2. The van der Waals surface area contributed by atoms with Crippen LogP contribution in [0.1, 0.15) is 51.7 Å². The molecule has 1 aromatic heterocycles. The predicted molar refractivity (Wildman–Crippen MR) is 105 cm³/mol. The van der Waals surface area contributed by atoms with Gasteiger partial charge in [-0.05, 0) is 37.1 Å². The highest BCUT2D eigenvalue weighted by atomic mass is 19.4. The Kier molecular flexibility index (Phi) is 5.43. The first-order valence-corrected chi connectivity index (χ1v) is 9.89. The van der Waals surface area contributed by atoms with E-state index in [4.69, 9.17) is 9.26 Å². The van der Waals surface area contributed by atoms with Gasteiger partial charge in [-0.1, -0.05) is 30.6 Å². The lowest BCUT2D eigenvalue weighted by atomic mass is 10.0. The largest absolute Gasteiger partial charge is 0.493 e. The van der Waals surface area contributed by atoms with E-state index in [1.54, 1.807) is 24.3 Å². The number of rotatable bonds is 7. The lowest BCUT2D eigenvalue weighted by Gasteiger charge is -2.15. The monoisotopic (exact) mass is 432 g/mol. The van der Waals surface area contributed by atoms with E-state index in [0.717, 1.165) is 0 Å².